The third-order valence-corrected chi connectivity index (χ3v) is 2.26. The molecule has 1 aromatic rings. The number of aliphatic hydroxyl groups is 1. The van der Waals surface area contributed by atoms with E-state index in [1.807, 2.05) is 0 Å². The largest absolute Gasteiger partial charge is 0.414 e. The molecular weight excluding hydrogens is 235 g/mol. The highest BCUT2D eigenvalue weighted by molar-refractivity contribution is 5.41. The van der Waals surface area contributed by atoms with Gasteiger partial charge in [-0.05, 0) is 24.6 Å². The summed E-state index contributed by atoms with van der Waals surface area (Å²) in [5.41, 5.74) is 6.36. The molecule has 0 amide bonds. The van der Waals surface area contributed by atoms with Crippen LogP contribution >= 0.6 is 0 Å². The number of nitrogens with two attached hydrogens (primary N) is 1. The van der Waals surface area contributed by atoms with E-state index in [1.165, 1.54) is 6.07 Å². The Bertz CT molecular complexity index is 368. The lowest BCUT2D eigenvalue weighted by molar-refractivity contribution is -0.219. The van der Waals surface area contributed by atoms with Crippen LogP contribution in [0.5, 0.6) is 0 Å². The van der Waals surface area contributed by atoms with Crippen molar-refractivity contribution in [2.24, 2.45) is 0 Å². The van der Waals surface area contributed by atoms with Gasteiger partial charge in [0, 0.05) is 5.69 Å². The van der Waals surface area contributed by atoms with E-state index < -0.39 is 25.0 Å². The SMILES string of the molecule is CC(OCC(O)c1cccc(N)c1)C(F)(F)F. The molecule has 0 spiro atoms. The average molecular weight is 249 g/mol. The molecular formula is C11H14F3NO2. The third kappa shape index (κ3) is 4.24. The monoisotopic (exact) mass is 249 g/mol. The van der Waals surface area contributed by atoms with Gasteiger partial charge in [-0.15, -0.1) is 0 Å². The molecule has 2 unspecified atom stereocenters. The lowest BCUT2D eigenvalue weighted by atomic mass is 10.1. The molecule has 6 heteroatoms. The van der Waals surface area contributed by atoms with Crippen molar-refractivity contribution in [2.75, 3.05) is 12.3 Å². The normalized spacial score (nSPS) is 15.6. The minimum absolute atomic E-state index is 0.426. The molecule has 1 aromatic carbocycles. The Labute approximate surface area is 97.0 Å². The lowest BCUT2D eigenvalue weighted by Gasteiger charge is -2.19. The maximum Gasteiger partial charge on any atom is 0.414 e. The number of halogens is 3. The van der Waals surface area contributed by atoms with Crippen LogP contribution in [0.25, 0.3) is 0 Å². The quantitative estimate of drug-likeness (QED) is 0.805. The van der Waals surface area contributed by atoms with Gasteiger partial charge >= 0.3 is 6.18 Å². The zero-order chi connectivity index (χ0) is 13.1. The van der Waals surface area contributed by atoms with Crippen LogP contribution in [0.1, 0.15) is 18.6 Å². The summed E-state index contributed by atoms with van der Waals surface area (Å²) in [7, 11) is 0. The maximum absolute atomic E-state index is 12.1. The second-order valence-corrected chi connectivity index (χ2v) is 3.70. The fourth-order valence-electron chi connectivity index (χ4n) is 1.19. The summed E-state index contributed by atoms with van der Waals surface area (Å²) in [6.07, 6.45) is -7.45. The molecule has 0 saturated heterocycles. The van der Waals surface area contributed by atoms with E-state index >= 15 is 0 Å². The highest BCUT2D eigenvalue weighted by Crippen LogP contribution is 2.24. The molecule has 17 heavy (non-hydrogen) atoms. The molecule has 0 aliphatic heterocycles. The van der Waals surface area contributed by atoms with Crippen molar-refractivity contribution in [3.8, 4) is 0 Å². The van der Waals surface area contributed by atoms with Crippen molar-refractivity contribution >= 4 is 5.69 Å². The number of aliphatic hydroxyl groups excluding tert-OH is 1. The lowest BCUT2D eigenvalue weighted by Crippen LogP contribution is -2.30. The van der Waals surface area contributed by atoms with E-state index in [2.05, 4.69) is 4.74 Å². The number of anilines is 1. The van der Waals surface area contributed by atoms with E-state index in [1.54, 1.807) is 18.2 Å². The highest BCUT2D eigenvalue weighted by atomic mass is 19.4. The van der Waals surface area contributed by atoms with Crippen LogP contribution in [-0.4, -0.2) is 24.0 Å². The van der Waals surface area contributed by atoms with Crippen LogP contribution in [0, 0.1) is 0 Å². The smallest absolute Gasteiger partial charge is 0.399 e. The van der Waals surface area contributed by atoms with E-state index in [0.717, 1.165) is 6.92 Å². The van der Waals surface area contributed by atoms with Crippen molar-refractivity contribution < 1.29 is 23.0 Å². The highest BCUT2D eigenvalue weighted by Gasteiger charge is 2.37. The van der Waals surface area contributed by atoms with Crippen LogP contribution in [0.4, 0.5) is 18.9 Å². The molecule has 0 saturated carbocycles. The zero-order valence-corrected chi connectivity index (χ0v) is 9.24. The van der Waals surface area contributed by atoms with E-state index in [-0.39, 0.29) is 0 Å². The van der Waals surface area contributed by atoms with Crippen LogP contribution < -0.4 is 5.73 Å². The summed E-state index contributed by atoms with van der Waals surface area (Å²) in [6.45, 7) is 0.468. The molecule has 0 aliphatic carbocycles. The second-order valence-electron chi connectivity index (χ2n) is 3.70. The number of alkyl halides is 3. The molecule has 96 valence electrons. The van der Waals surface area contributed by atoms with Gasteiger partial charge < -0.3 is 15.6 Å². The summed E-state index contributed by atoms with van der Waals surface area (Å²) in [6, 6.07) is 6.30. The molecule has 0 fully saturated rings. The number of ether oxygens (including phenoxy) is 1. The first-order valence-electron chi connectivity index (χ1n) is 5.02. The van der Waals surface area contributed by atoms with Gasteiger partial charge in [0.15, 0.2) is 6.10 Å². The third-order valence-electron chi connectivity index (χ3n) is 2.26. The Morgan fingerprint density at radius 2 is 2.06 bits per heavy atom. The summed E-state index contributed by atoms with van der Waals surface area (Å²) in [5.74, 6) is 0. The Morgan fingerprint density at radius 3 is 2.59 bits per heavy atom. The first kappa shape index (κ1) is 13.8. The fourth-order valence-corrected chi connectivity index (χ4v) is 1.19. The van der Waals surface area contributed by atoms with Crippen molar-refractivity contribution in [3.05, 3.63) is 29.8 Å². The average Bonchev–Trinajstić information content (AvgIpc) is 2.24. The molecule has 0 aliphatic rings. The molecule has 3 N–H and O–H groups in total. The molecule has 0 bridgehead atoms. The standard InChI is InChI=1S/C11H14F3NO2/c1-7(11(12,13)14)17-6-10(16)8-3-2-4-9(15)5-8/h2-5,7,10,16H,6,15H2,1H3. The Morgan fingerprint density at radius 1 is 1.41 bits per heavy atom. The summed E-state index contributed by atoms with van der Waals surface area (Å²) in [4.78, 5) is 0. The molecule has 3 nitrogen and oxygen atoms in total. The van der Waals surface area contributed by atoms with Gasteiger partial charge in [-0.25, -0.2) is 0 Å². The number of hydrogen-bond donors (Lipinski definition) is 2. The molecule has 0 radical (unpaired) electrons. The van der Waals surface area contributed by atoms with Crippen LogP contribution in [-0.2, 0) is 4.74 Å². The first-order valence-corrected chi connectivity index (χ1v) is 5.02. The molecule has 0 heterocycles. The number of nitrogen functional groups attached to an aromatic ring is 1. The Hall–Kier alpha value is -1.27. The van der Waals surface area contributed by atoms with Crippen molar-refractivity contribution in [2.45, 2.75) is 25.3 Å². The fraction of sp³-hybridized carbons (Fsp3) is 0.455. The van der Waals surface area contributed by atoms with Crippen molar-refractivity contribution in [3.63, 3.8) is 0 Å². The predicted molar refractivity (Wildman–Crippen MR) is 57.3 cm³/mol. The number of hydrogen-bond acceptors (Lipinski definition) is 3. The second kappa shape index (κ2) is 5.37. The van der Waals surface area contributed by atoms with Gasteiger partial charge in [0.1, 0.15) is 6.10 Å². The van der Waals surface area contributed by atoms with Crippen molar-refractivity contribution in [1.29, 1.82) is 0 Å². The number of benzene rings is 1. The summed E-state index contributed by atoms with van der Waals surface area (Å²) < 4.78 is 41.0. The van der Waals surface area contributed by atoms with Gasteiger partial charge in [0.25, 0.3) is 0 Å². The minimum atomic E-state index is -4.42. The minimum Gasteiger partial charge on any atom is -0.399 e. The van der Waals surface area contributed by atoms with Gasteiger partial charge in [-0.1, -0.05) is 12.1 Å². The van der Waals surface area contributed by atoms with Gasteiger partial charge in [-0.3, -0.25) is 0 Å². The van der Waals surface area contributed by atoms with E-state index in [4.69, 9.17) is 5.73 Å². The van der Waals surface area contributed by atoms with Gasteiger partial charge in [-0.2, -0.15) is 13.2 Å². The first-order chi connectivity index (χ1) is 7.80. The molecule has 1 rings (SSSR count). The number of rotatable bonds is 4. The predicted octanol–water partition coefficient (Wildman–Crippen LogP) is 2.27. The van der Waals surface area contributed by atoms with Gasteiger partial charge in [0.05, 0.1) is 6.61 Å². The Kier molecular flexibility index (Phi) is 4.36. The zero-order valence-electron chi connectivity index (χ0n) is 9.24. The van der Waals surface area contributed by atoms with Crippen LogP contribution in [0.15, 0.2) is 24.3 Å². The van der Waals surface area contributed by atoms with E-state index in [9.17, 15) is 18.3 Å². The van der Waals surface area contributed by atoms with Crippen molar-refractivity contribution in [1.82, 2.24) is 0 Å². The molecule has 2 atom stereocenters. The maximum atomic E-state index is 12.1. The van der Waals surface area contributed by atoms with Gasteiger partial charge in [0.2, 0.25) is 0 Å². The van der Waals surface area contributed by atoms with Crippen LogP contribution in [0.2, 0.25) is 0 Å². The summed E-state index contributed by atoms with van der Waals surface area (Å²) in [5, 5.41) is 9.61. The molecule has 0 aromatic heterocycles. The van der Waals surface area contributed by atoms with E-state index in [0.29, 0.717) is 11.3 Å². The topological polar surface area (TPSA) is 55.5 Å². The van der Waals surface area contributed by atoms with Crippen LogP contribution in [0.3, 0.4) is 0 Å². The summed E-state index contributed by atoms with van der Waals surface area (Å²) >= 11 is 0. The Balaban J connectivity index is 2.53.